The van der Waals surface area contributed by atoms with Crippen molar-refractivity contribution in [2.45, 2.75) is 19.8 Å². The van der Waals surface area contributed by atoms with Crippen LogP contribution in [0.5, 0.6) is 0 Å². The normalized spacial score (nSPS) is 10.6. The first kappa shape index (κ1) is 11.6. The average molecular weight is 310 g/mol. The summed E-state index contributed by atoms with van der Waals surface area (Å²) in [4.78, 5) is 11.4. The molecule has 0 N–H and O–H groups in total. The van der Waals surface area contributed by atoms with Gasteiger partial charge in [-0.2, -0.15) is 0 Å². The maximum Gasteiger partial charge on any atom is 0.264 e. The van der Waals surface area contributed by atoms with E-state index < -0.39 is 6.43 Å². The Morgan fingerprint density at radius 2 is 2.14 bits per heavy atom. The van der Waals surface area contributed by atoms with E-state index in [1.165, 1.54) is 12.1 Å². The molecule has 1 rings (SSSR count). The molecule has 0 fully saturated rings. The van der Waals surface area contributed by atoms with Gasteiger partial charge in [-0.15, -0.1) is 0 Å². The van der Waals surface area contributed by atoms with Gasteiger partial charge in [-0.05, 0) is 34.7 Å². The third-order valence-electron chi connectivity index (χ3n) is 1.87. The highest BCUT2D eigenvalue weighted by atomic mass is 127. The minimum atomic E-state index is -2.59. The van der Waals surface area contributed by atoms with E-state index in [9.17, 15) is 13.6 Å². The van der Waals surface area contributed by atoms with Crippen LogP contribution in [-0.2, 0) is 0 Å². The summed E-state index contributed by atoms with van der Waals surface area (Å²) in [5, 5.41) is 0. The number of rotatable bonds is 3. The number of benzene rings is 1. The number of hydrogen-bond acceptors (Lipinski definition) is 1. The van der Waals surface area contributed by atoms with Crippen LogP contribution in [0.15, 0.2) is 18.2 Å². The Kier molecular flexibility index (Phi) is 3.97. The second-order valence-corrected chi connectivity index (χ2v) is 4.05. The lowest BCUT2D eigenvalue weighted by Crippen LogP contribution is -2.03. The van der Waals surface area contributed by atoms with Crippen molar-refractivity contribution in [2.75, 3.05) is 0 Å². The maximum absolute atomic E-state index is 12.5. The van der Waals surface area contributed by atoms with Gasteiger partial charge in [0.1, 0.15) is 0 Å². The van der Waals surface area contributed by atoms with E-state index >= 15 is 0 Å². The third kappa shape index (κ3) is 2.50. The van der Waals surface area contributed by atoms with Crippen molar-refractivity contribution in [3.8, 4) is 0 Å². The molecule has 1 aromatic rings. The highest BCUT2D eigenvalue weighted by Gasteiger charge is 2.16. The van der Waals surface area contributed by atoms with Gasteiger partial charge >= 0.3 is 0 Å². The van der Waals surface area contributed by atoms with Crippen molar-refractivity contribution in [3.05, 3.63) is 32.9 Å². The van der Waals surface area contributed by atoms with Crippen molar-refractivity contribution in [1.29, 1.82) is 0 Å². The Balaban J connectivity index is 3.22. The lowest BCUT2D eigenvalue weighted by atomic mass is 10.0. The van der Waals surface area contributed by atoms with Crippen molar-refractivity contribution < 1.29 is 13.6 Å². The molecule has 0 aliphatic rings. The minimum absolute atomic E-state index is 0.148. The Morgan fingerprint density at radius 3 is 2.64 bits per heavy atom. The van der Waals surface area contributed by atoms with Crippen LogP contribution >= 0.6 is 22.6 Å². The third-order valence-corrected chi connectivity index (χ3v) is 2.54. The molecular weight excluding hydrogens is 301 g/mol. The predicted octanol–water partition coefficient (Wildman–Crippen LogP) is 3.82. The zero-order valence-corrected chi connectivity index (χ0v) is 9.72. The number of hydrogen-bond donors (Lipinski definition) is 0. The summed E-state index contributed by atoms with van der Waals surface area (Å²) >= 11 is 2.00. The Bertz CT molecular complexity index is 350. The highest BCUT2D eigenvalue weighted by molar-refractivity contribution is 14.1. The van der Waals surface area contributed by atoms with Crippen LogP contribution in [0.4, 0.5) is 8.78 Å². The lowest BCUT2D eigenvalue weighted by Gasteiger charge is -2.07. The predicted molar refractivity (Wildman–Crippen MR) is 58.7 cm³/mol. The standard InChI is InChI=1S/C10H9F2IO/c1-2-9(14)8-5-6(13)3-4-7(8)10(11)12/h3-5,10H,2H2,1H3. The molecule has 1 aromatic carbocycles. The van der Waals surface area contributed by atoms with E-state index in [4.69, 9.17) is 0 Å². The first-order chi connectivity index (χ1) is 6.56. The van der Waals surface area contributed by atoms with Gasteiger partial charge < -0.3 is 0 Å². The van der Waals surface area contributed by atoms with Crippen molar-refractivity contribution in [1.82, 2.24) is 0 Å². The van der Waals surface area contributed by atoms with E-state index in [1.807, 2.05) is 22.6 Å². The van der Waals surface area contributed by atoms with Gasteiger partial charge in [-0.1, -0.05) is 13.0 Å². The van der Waals surface area contributed by atoms with Gasteiger partial charge in [0.2, 0.25) is 0 Å². The summed E-state index contributed by atoms with van der Waals surface area (Å²) in [6.45, 7) is 1.66. The molecule has 0 atom stereocenters. The van der Waals surface area contributed by atoms with E-state index in [2.05, 4.69) is 0 Å². The zero-order chi connectivity index (χ0) is 10.7. The minimum Gasteiger partial charge on any atom is -0.294 e. The number of carbonyl (C=O) groups is 1. The second-order valence-electron chi connectivity index (χ2n) is 2.81. The maximum atomic E-state index is 12.5. The fraction of sp³-hybridized carbons (Fsp3) is 0.300. The Morgan fingerprint density at radius 1 is 1.50 bits per heavy atom. The van der Waals surface area contributed by atoms with Crippen LogP contribution < -0.4 is 0 Å². The molecule has 1 nitrogen and oxygen atoms in total. The van der Waals surface area contributed by atoms with Gasteiger partial charge in [-0.3, -0.25) is 4.79 Å². The molecule has 0 saturated carbocycles. The van der Waals surface area contributed by atoms with Crippen LogP contribution in [0.25, 0.3) is 0 Å². The SMILES string of the molecule is CCC(=O)c1cc(I)ccc1C(F)F. The topological polar surface area (TPSA) is 17.1 Å². The molecule has 76 valence electrons. The first-order valence-electron chi connectivity index (χ1n) is 4.17. The molecule has 0 radical (unpaired) electrons. The quantitative estimate of drug-likeness (QED) is 0.613. The van der Waals surface area contributed by atoms with Crippen molar-refractivity contribution in [3.63, 3.8) is 0 Å². The zero-order valence-electron chi connectivity index (χ0n) is 7.56. The molecule has 0 heterocycles. The number of ketones is 1. The lowest BCUT2D eigenvalue weighted by molar-refractivity contribution is 0.0974. The van der Waals surface area contributed by atoms with Gasteiger partial charge in [0.25, 0.3) is 6.43 Å². The summed E-state index contributed by atoms with van der Waals surface area (Å²) < 4.78 is 25.8. The van der Waals surface area contributed by atoms with Gasteiger partial charge in [0.15, 0.2) is 5.78 Å². The number of carbonyl (C=O) groups excluding carboxylic acids is 1. The molecule has 0 aliphatic heterocycles. The van der Waals surface area contributed by atoms with Crippen LogP contribution in [0.1, 0.15) is 35.7 Å². The van der Waals surface area contributed by atoms with Gasteiger partial charge in [-0.25, -0.2) is 8.78 Å². The average Bonchev–Trinajstić information content (AvgIpc) is 2.16. The molecule has 0 aliphatic carbocycles. The van der Waals surface area contributed by atoms with E-state index in [-0.39, 0.29) is 23.3 Å². The van der Waals surface area contributed by atoms with E-state index in [0.717, 1.165) is 3.57 Å². The van der Waals surface area contributed by atoms with E-state index in [1.54, 1.807) is 13.0 Å². The van der Waals surface area contributed by atoms with Crippen molar-refractivity contribution in [2.24, 2.45) is 0 Å². The molecular formula is C10H9F2IO. The molecule has 0 bridgehead atoms. The molecule has 14 heavy (non-hydrogen) atoms. The monoisotopic (exact) mass is 310 g/mol. The summed E-state index contributed by atoms with van der Waals surface area (Å²) in [5.74, 6) is -0.237. The molecule has 0 saturated heterocycles. The number of alkyl halides is 2. The Hall–Kier alpha value is -0.520. The first-order valence-corrected chi connectivity index (χ1v) is 5.25. The fourth-order valence-electron chi connectivity index (χ4n) is 1.15. The van der Waals surface area contributed by atoms with Gasteiger partial charge in [0.05, 0.1) is 0 Å². The number of halogens is 3. The summed E-state index contributed by atoms with van der Waals surface area (Å²) in [7, 11) is 0. The summed E-state index contributed by atoms with van der Waals surface area (Å²) in [6, 6.07) is 4.40. The van der Waals surface area contributed by atoms with E-state index in [0.29, 0.717) is 0 Å². The largest absolute Gasteiger partial charge is 0.294 e. The number of Topliss-reactive ketones (excluding diaryl/α,β-unsaturated/α-hetero) is 1. The van der Waals surface area contributed by atoms with Crippen LogP contribution in [0.3, 0.4) is 0 Å². The van der Waals surface area contributed by atoms with Crippen LogP contribution in [0.2, 0.25) is 0 Å². The molecule has 0 amide bonds. The van der Waals surface area contributed by atoms with Crippen LogP contribution in [-0.4, -0.2) is 5.78 Å². The molecule has 0 aromatic heterocycles. The Labute approximate surface area is 94.6 Å². The molecule has 0 spiro atoms. The van der Waals surface area contributed by atoms with Crippen LogP contribution in [0, 0.1) is 3.57 Å². The summed E-state index contributed by atoms with van der Waals surface area (Å²) in [5.41, 5.74) is -0.0216. The smallest absolute Gasteiger partial charge is 0.264 e. The van der Waals surface area contributed by atoms with Crippen molar-refractivity contribution >= 4 is 28.4 Å². The molecule has 4 heteroatoms. The van der Waals surface area contributed by atoms with Gasteiger partial charge in [0, 0.05) is 21.1 Å². The fourth-order valence-corrected chi connectivity index (χ4v) is 1.64. The second kappa shape index (κ2) is 4.82. The molecule has 0 unspecified atom stereocenters. The highest BCUT2D eigenvalue weighted by Crippen LogP contribution is 2.25. The summed E-state index contributed by atoms with van der Waals surface area (Å²) in [6.07, 6.45) is -2.34.